The van der Waals surface area contributed by atoms with E-state index in [1.165, 1.54) is 5.69 Å². The normalized spacial score (nSPS) is 20.3. The van der Waals surface area contributed by atoms with Crippen LogP contribution in [0.25, 0.3) is 0 Å². The zero-order valence-electron chi connectivity index (χ0n) is 10.2. The Kier molecular flexibility index (Phi) is 3.46. The molecule has 5 heteroatoms. The van der Waals surface area contributed by atoms with Gasteiger partial charge in [0.2, 0.25) is 5.95 Å². The van der Waals surface area contributed by atoms with Crippen molar-refractivity contribution in [1.29, 1.82) is 0 Å². The van der Waals surface area contributed by atoms with Crippen LogP contribution in [0.4, 0.5) is 5.95 Å². The van der Waals surface area contributed by atoms with E-state index in [1.54, 1.807) is 0 Å². The fourth-order valence-corrected chi connectivity index (χ4v) is 1.96. The van der Waals surface area contributed by atoms with Crippen molar-refractivity contribution in [3.05, 3.63) is 11.9 Å². The first-order valence-corrected chi connectivity index (χ1v) is 5.67. The summed E-state index contributed by atoms with van der Waals surface area (Å²) in [5.41, 5.74) is 1.20. The largest absolute Gasteiger partial charge is 0.380 e. The van der Waals surface area contributed by atoms with Crippen LogP contribution in [-0.2, 0) is 18.3 Å². The molecule has 1 fully saturated rings. The Labute approximate surface area is 96.4 Å². The highest BCUT2D eigenvalue weighted by molar-refractivity contribution is 5.30. The quantitative estimate of drug-likeness (QED) is 0.802. The van der Waals surface area contributed by atoms with Gasteiger partial charge in [0.1, 0.15) is 0 Å². The first-order valence-electron chi connectivity index (χ1n) is 5.67. The van der Waals surface area contributed by atoms with E-state index in [4.69, 9.17) is 4.74 Å². The molecule has 2 heterocycles. The second kappa shape index (κ2) is 4.84. The molecule has 0 radical (unpaired) electrons. The molecule has 0 aromatic carbocycles. The fraction of sp³-hybridized carbons (Fsp3) is 0.727. The zero-order chi connectivity index (χ0) is 11.5. The standard InChI is InChI=1S/C11H20N4O/c1-14(2)11-13-7-10(15(11)3)6-12-9-4-5-16-8-9/h7,9,12H,4-6,8H2,1-3H3. The third kappa shape index (κ3) is 2.36. The Morgan fingerprint density at radius 2 is 2.44 bits per heavy atom. The molecule has 16 heavy (non-hydrogen) atoms. The molecule has 1 aromatic heterocycles. The Balaban J connectivity index is 1.93. The van der Waals surface area contributed by atoms with E-state index in [2.05, 4.69) is 14.9 Å². The van der Waals surface area contributed by atoms with Gasteiger partial charge in [0, 0.05) is 40.3 Å². The predicted octanol–water partition coefficient (Wildman–Crippen LogP) is 0.365. The molecule has 1 aliphatic rings. The van der Waals surface area contributed by atoms with Gasteiger partial charge in [-0.1, -0.05) is 0 Å². The molecule has 0 amide bonds. The van der Waals surface area contributed by atoms with Gasteiger partial charge in [-0.15, -0.1) is 0 Å². The van der Waals surface area contributed by atoms with Gasteiger partial charge in [0.05, 0.1) is 18.5 Å². The van der Waals surface area contributed by atoms with Crippen molar-refractivity contribution in [3.8, 4) is 0 Å². The lowest BCUT2D eigenvalue weighted by Gasteiger charge is -2.14. The molecule has 90 valence electrons. The van der Waals surface area contributed by atoms with Crippen molar-refractivity contribution < 1.29 is 4.74 Å². The first kappa shape index (κ1) is 11.4. The Hall–Kier alpha value is -1.07. The molecule has 1 aromatic rings. The van der Waals surface area contributed by atoms with Crippen LogP contribution in [0.5, 0.6) is 0 Å². The minimum absolute atomic E-state index is 0.498. The lowest BCUT2D eigenvalue weighted by Crippen LogP contribution is -2.29. The minimum Gasteiger partial charge on any atom is -0.380 e. The Morgan fingerprint density at radius 3 is 3.00 bits per heavy atom. The highest BCUT2D eigenvalue weighted by Crippen LogP contribution is 2.11. The average molecular weight is 224 g/mol. The third-order valence-electron chi connectivity index (χ3n) is 2.96. The van der Waals surface area contributed by atoms with Crippen LogP contribution in [0.15, 0.2) is 6.20 Å². The number of anilines is 1. The van der Waals surface area contributed by atoms with Crippen LogP contribution in [-0.4, -0.2) is 42.9 Å². The molecule has 5 nitrogen and oxygen atoms in total. The van der Waals surface area contributed by atoms with Crippen LogP contribution in [0.2, 0.25) is 0 Å². The maximum Gasteiger partial charge on any atom is 0.204 e. The van der Waals surface area contributed by atoms with E-state index in [0.29, 0.717) is 6.04 Å². The van der Waals surface area contributed by atoms with Crippen molar-refractivity contribution in [1.82, 2.24) is 14.9 Å². The number of hydrogen-bond donors (Lipinski definition) is 1. The summed E-state index contributed by atoms with van der Waals surface area (Å²) in [6.07, 6.45) is 3.04. The van der Waals surface area contributed by atoms with E-state index < -0.39 is 0 Å². The van der Waals surface area contributed by atoms with Gasteiger partial charge in [-0.3, -0.25) is 0 Å². The third-order valence-corrected chi connectivity index (χ3v) is 2.96. The topological polar surface area (TPSA) is 42.3 Å². The molecular weight excluding hydrogens is 204 g/mol. The van der Waals surface area contributed by atoms with Gasteiger partial charge in [-0.25, -0.2) is 4.98 Å². The summed E-state index contributed by atoms with van der Waals surface area (Å²) in [5.74, 6) is 0.986. The van der Waals surface area contributed by atoms with Gasteiger partial charge in [-0.2, -0.15) is 0 Å². The molecule has 1 aliphatic heterocycles. The number of rotatable bonds is 4. The zero-order valence-corrected chi connectivity index (χ0v) is 10.2. The van der Waals surface area contributed by atoms with Crippen molar-refractivity contribution in [2.75, 3.05) is 32.2 Å². The molecule has 1 unspecified atom stereocenters. The predicted molar refractivity (Wildman–Crippen MR) is 63.6 cm³/mol. The second-order valence-corrected chi connectivity index (χ2v) is 4.44. The molecular formula is C11H20N4O. The van der Waals surface area contributed by atoms with Crippen molar-refractivity contribution in [2.24, 2.45) is 7.05 Å². The lowest BCUT2D eigenvalue weighted by molar-refractivity contribution is 0.189. The van der Waals surface area contributed by atoms with Crippen LogP contribution in [0.3, 0.4) is 0 Å². The van der Waals surface area contributed by atoms with E-state index in [1.807, 2.05) is 32.2 Å². The summed E-state index contributed by atoms with van der Waals surface area (Å²) in [5, 5.41) is 3.49. The molecule has 2 rings (SSSR count). The number of ether oxygens (including phenoxy) is 1. The lowest BCUT2D eigenvalue weighted by atomic mass is 10.2. The molecule has 0 bridgehead atoms. The number of hydrogen-bond acceptors (Lipinski definition) is 4. The highest BCUT2D eigenvalue weighted by atomic mass is 16.5. The Morgan fingerprint density at radius 1 is 1.62 bits per heavy atom. The number of aromatic nitrogens is 2. The Bertz CT molecular complexity index is 342. The van der Waals surface area contributed by atoms with Crippen LogP contribution in [0, 0.1) is 0 Å². The smallest absolute Gasteiger partial charge is 0.204 e. The molecule has 0 aliphatic carbocycles. The first-order chi connectivity index (χ1) is 7.68. The average Bonchev–Trinajstić information content (AvgIpc) is 2.84. The van der Waals surface area contributed by atoms with Gasteiger partial charge in [0.15, 0.2) is 0 Å². The highest BCUT2D eigenvalue weighted by Gasteiger charge is 2.15. The van der Waals surface area contributed by atoms with E-state index in [9.17, 15) is 0 Å². The number of nitrogens with zero attached hydrogens (tertiary/aromatic N) is 3. The number of imidazole rings is 1. The maximum absolute atomic E-state index is 5.33. The molecule has 0 spiro atoms. The van der Waals surface area contributed by atoms with Crippen LogP contribution in [0.1, 0.15) is 12.1 Å². The van der Waals surface area contributed by atoms with E-state index in [0.717, 1.165) is 32.1 Å². The summed E-state index contributed by atoms with van der Waals surface area (Å²) in [7, 11) is 6.05. The van der Waals surface area contributed by atoms with Crippen LogP contribution >= 0.6 is 0 Å². The second-order valence-electron chi connectivity index (χ2n) is 4.44. The fourth-order valence-electron chi connectivity index (χ4n) is 1.96. The summed E-state index contributed by atoms with van der Waals surface area (Å²) < 4.78 is 7.44. The van der Waals surface area contributed by atoms with Crippen molar-refractivity contribution in [2.45, 2.75) is 19.0 Å². The molecule has 1 N–H and O–H groups in total. The molecule has 1 atom stereocenters. The summed E-state index contributed by atoms with van der Waals surface area (Å²) in [6, 6.07) is 0.498. The van der Waals surface area contributed by atoms with E-state index >= 15 is 0 Å². The minimum atomic E-state index is 0.498. The summed E-state index contributed by atoms with van der Waals surface area (Å²) in [6.45, 7) is 2.57. The van der Waals surface area contributed by atoms with Crippen LogP contribution < -0.4 is 10.2 Å². The van der Waals surface area contributed by atoms with E-state index in [-0.39, 0.29) is 0 Å². The molecule has 0 saturated carbocycles. The summed E-state index contributed by atoms with van der Waals surface area (Å²) >= 11 is 0. The van der Waals surface area contributed by atoms with Crippen molar-refractivity contribution in [3.63, 3.8) is 0 Å². The SMILES string of the molecule is CN(C)c1ncc(CNC2CCOC2)n1C. The summed E-state index contributed by atoms with van der Waals surface area (Å²) in [4.78, 5) is 6.39. The number of nitrogens with one attached hydrogen (secondary N) is 1. The molecule has 1 saturated heterocycles. The van der Waals surface area contributed by atoms with Gasteiger partial charge < -0.3 is 19.5 Å². The van der Waals surface area contributed by atoms with Gasteiger partial charge in [-0.05, 0) is 6.42 Å². The van der Waals surface area contributed by atoms with Gasteiger partial charge in [0.25, 0.3) is 0 Å². The maximum atomic E-state index is 5.33. The van der Waals surface area contributed by atoms with Crippen molar-refractivity contribution >= 4 is 5.95 Å². The monoisotopic (exact) mass is 224 g/mol. The van der Waals surface area contributed by atoms with Gasteiger partial charge >= 0.3 is 0 Å².